The Labute approximate surface area is 192 Å². The summed E-state index contributed by atoms with van der Waals surface area (Å²) < 4.78 is 8.82. The molecule has 0 spiro atoms. The molecule has 0 atom stereocenters. The fourth-order valence-electron chi connectivity index (χ4n) is 3.62. The lowest BCUT2D eigenvalue weighted by Crippen LogP contribution is -2.08. The number of benzene rings is 2. The molecule has 2 heterocycles. The van der Waals surface area contributed by atoms with Crippen molar-refractivity contribution in [1.82, 2.24) is 20.0 Å². The number of halogens is 3. The molecule has 0 aliphatic heterocycles. The molecule has 0 N–H and O–H groups in total. The van der Waals surface area contributed by atoms with Crippen LogP contribution < -0.4 is 0 Å². The number of rotatable bonds is 4. The summed E-state index contributed by atoms with van der Waals surface area (Å²) in [5.74, 6) is 1.49. The van der Waals surface area contributed by atoms with E-state index in [-0.39, 0.29) is 0 Å². The molecule has 5 nitrogen and oxygen atoms in total. The summed E-state index contributed by atoms with van der Waals surface area (Å²) in [5.41, 5.74) is 4.22. The fourth-order valence-corrected chi connectivity index (χ4v) is 4.38. The van der Waals surface area contributed by atoms with Crippen molar-refractivity contribution in [3.8, 4) is 28.5 Å². The molecule has 0 amide bonds. The van der Waals surface area contributed by atoms with Crippen LogP contribution in [0.15, 0.2) is 51.4 Å². The van der Waals surface area contributed by atoms with Crippen molar-refractivity contribution in [2.45, 2.75) is 32.1 Å². The molecule has 0 bridgehead atoms. The summed E-state index contributed by atoms with van der Waals surface area (Å²) >= 11 is 16.1. The molecule has 30 heavy (non-hydrogen) atoms. The van der Waals surface area contributed by atoms with Gasteiger partial charge < -0.3 is 4.42 Å². The van der Waals surface area contributed by atoms with Crippen molar-refractivity contribution >= 4 is 39.1 Å². The third-order valence-electron chi connectivity index (χ3n) is 5.48. The van der Waals surface area contributed by atoms with Crippen LogP contribution in [0.3, 0.4) is 0 Å². The normalized spacial score (nSPS) is 14.1. The van der Waals surface area contributed by atoms with E-state index in [0.717, 1.165) is 39.8 Å². The van der Waals surface area contributed by atoms with E-state index in [2.05, 4.69) is 26.1 Å². The lowest BCUT2D eigenvalue weighted by Gasteiger charge is -2.20. The average Bonchev–Trinajstić information content (AvgIpc) is 3.26. The van der Waals surface area contributed by atoms with Gasteiger partial charge in [-0.05, 0) is 50.1 Å². The van der Waals surface area contributed by atoms with Crippen LogP contribution in [0.1, 0.15) is 36.6 Å². The van der Waals surface area contributed by atoms with Gasteiger partial charge in [-0.15, -0.1) is 10.2 Å². The van der Waals surface area contributed by atoms with Gasteiger partial charge >= 0.3 is 0 Å². The zero-order chi connectivity index (χ0) is 20.8. The third kappa shape index (κ3) is 3.47. The van der Waals surface area contributed by atoms with E-state index < -0.39 is 0 Å². The minimum Gasteiger partial charge on any atom is -0.419 e. The van der Waals surface area contributed by atoms with E-state index >= 15 is 0 Å². The summed E-state index contributed by atoms with van der Waals surface area (Å²) in [5, 5.41) is 14.5. The SMILES string of the molecule is Cc1c(-c2nnc(C3CCC3)o2)nn(-c2ccc(Cl)cc2Cl)c1-c1ccc(Br)cc1. The van der Waals surface area contributed by atoms with E-state index in [0.29, 0.717) is 33.4 Å². The molecule has 1 saturated carbocycles. The van der Waals surface area contributed by atoms with Crippen molar-refractivity contribution in [1.29, 1.82) is 0 Å². The first-order valence-corrected chi connectivity index (χ1v) is 11.2. The molecule has 0 radical (unpaired) electrons. The van der Waals surface area contributed by atoms with Crippen molar-refractivity contribution in [2.24, 2.45) is 0 Å². The predicted octanol–water partition coefficient (Wildman–Crippen LogP) is 7.23. The highest BCUT2D eigenvalue weighted by atomic mass is 79.9. The Hall–Kier alpha value is -2.15. The molecule has 5 rings (SSSR count). The minimum absolute atomic E-state index is 0.366. The minimum atomic E-state index is 0.366. The van der Waals surface area contributed by atoms with Crippen LogP contribution in [0.25, 0.3) is 28.5 Å². The predicted molar refractivity (Wildman–Crippen MR) is 121 cm³/mol. The van der Waals surface area contributed by atoms with Gasteiger partial charge in [0, 0.05) is 26.5 Å². The molecule has 0 unspecified atom stereocenters. The topological polar surface area (TPSA) is 56.7 Å². The van der Waals surface area contributed by atoms with Crippen molar-refractivity contribution in [2.75, 3.05) is 0 Å². The lowest BCUT2D eigenvalue weighted by molar-refractivity contribution is 0.338. The average molecular weight is 504 g/mol. The van der Waals surface area contributed by atoms with Crippen LogP contribution in [-0.4, -0.2) is 20.0 Å². The van der Waals surface area contributed by atoms with Crippen LogP contribution in [0.5, 0.6) is 0 Å². The smallest absolute Gasteiger partial charge is 0.268 e. The zero-order valence-electron chi connectivity index (χ0n) is 16.1. The van der Waals surface area contributed by atoms with Gasteiger partial charge in [-0.3, -0.25) is 0 Å². The fraction of sp³-hybridized carbons (Fsp3) is 0.227. The van der Waals surface area contributed by atoms with Crippen LogP contribution in [0.4, 0.5) is 0 Å². The summed E-state index contributed by atoms with van der Waals surface area (Å²) in [4.78, 5) is 0. The summed E-state index contributed by atoms with van der Waals surface area (Å²) in [6.45, 7) is 2.01. The molecule has 2 aromatic heterocycles. The monoisotopic (exact) mass is 502 g/mol. The van der Waals surface area contributed by atoms with E-state index in [9.17, 15) is 0 Å². The Kier molecular flexibility index (Phi) is 5.17. The van der Waals surface area contributed by atoms with Crippen LogP contribution >= 0.6 is 39.1 Å². The summed E-state index contributed by atoms with van der Waals surface area (Å²) in [7, 11) is 0. The van der Waals surface area contributed by atoms with Crippen molar-refractivity contribution < 1.29 is 4.42 Å². The molecule has 4 aromatic rings. The standard InChI is InChI=1S/C22H17BrCl2N4O/c1-12-19(22-27-26-21(30-22)14-3-2-4-14)28-29(18-10-9-16(24)11-17(18)25)20(12)13-5-7-15(23)8-6-13/h5-11,14H,2-4H2,1H3. The van der Waals surface area contributed by atoms with Gasteiger partial charge in [0.1, 0.15) is 0 Å². The second-order valence-corrected chi connectivity index (χ2v) is 9.17. The van der Waals surface area contributed by atoms with Gasteiger partial charge in [-0.2, -0.15) is 5.10 Å². The highest BCUT2D eigenvalue weighted by molar-refractivity contribution is 9.10. The molecule has 1 aliphatic carbocycles. The maximum absolute atomic E-state index is 6.52. The van der Waals surface area contributed by atoms with Gasteiger partial charge in [-0.25, -0.2) is 4.68 Å². The van der Waals surface area contributed by atoms with Crippen LogP contribution in [-0.2, 0) is 0 Å². The Bertz CT molecular complexity index is 1230. The van der Waals surface area contributed by atoms with E-state index in [4.69, 9.17) is 32.7 Å². The largest absolute Gasteiger partial charge is 0.419 e. The number of hydrogen-bond donors (Lipinski definition) is 0. The van der Waals surface area contributed by atoms with Crippen molar-refractivity contribution in [3.05, 3.63) is 68.4 Å². The van der Waals surface area contributed by atoms with E-state index in [1.54, 1.807) is 12.1 Å². The van der Waals surface area contributed by atoms with Crippen LogP contribution in [0, 0.1) is 6.92 Å². The first-order chi connectivity index (χ1) is 14.5. The molecule has 152 valence electrons. The van der Waals surface area contributed by atoms with E-state index in [1.807, 2.05) is 41.9 Å². The van der Waals surface area contributed by atoms with Gasteiger partial charge in [0.15, 0.2) is 5.69 Å². The summed E-state index contributed by atoms with van der Waals surface area (Å²) in [6.07, 6.45) is 3.40. The second-order valence-electron chi connectivity index (χ2n) is 7.41. The molecule has 0 saturated heterocycles. The summed E-state index contributed by atoms with van der Waals surface area (Å²) in [6, 6.07) is 13.4. The Morgan fingerprint density at radius 2 is 1.83 bits per heavy atom. The zero-order valence-corrected chi connectivity index (χ0v) is 19.2. The number of aromatic nitrogens is 4. The maximum atomic E-state index is 6.52. The highest BCUT2D eigenvalue weighted by Gasteiger charge is 2.28. The molecular formula is C22H17BrCl2N4O. The third-order valence-corrected chi connectivity index (χ3v) is 6.54. The maximum Gasteiger partial charge on any atom is 0.268 e. The highest BCUT2D eigenvalue weighted by Crippen LogP contribution is 2.39. The Balaban J connectivity index is 1.69. The first kappa shape index (κ1) is 19.8. The molecule has 2 aromatic carbocycles. The number of hydrogen-bond acceptors (Lipinski definition) is 4. The van der Waals surface area contributed by atoms with Gasteiger partial charge in [-0.1, -0.05) is 57.7 Å². The molecule has 1 fully saturated rings. The Morgan fingerprint density at radius 3 is 2.50 bits per heavy atom. The van der Waals surface area contributed by atoms with E-state index in [1.165, 1.54) is 6.42 Å². The first-order valence-electron chi connectivity index (χ1n) is 9.66. The number of nitrogens with zero attached hydrogens (tertiary/aromatic N) is 4. The molecule has 8 heteroatoms. The quantitative estimate of drug-likeness (QED) is 0.294. The lowest BCUT2D eigenvalue weighted by atomic mass is 9.85. The van der Waals surface area contributed by atoms with Crippen molar-refractivity contribution in [3.63, 3.8) is 0 Å². The Morgan fingerprint density at radius 1 is 1.07 bits per heavy atom. The van der Waals surface area contributed by atoms with Crippen LogP contribution in [0.2, 0.25) is 10.0 Å². The molecular weight excluding hydrogens is 487 g/mol. The second kappa shape index (κ2) is 7.84. The van der Waals surface area contributed by atoms with Gasteiger partial charge in [0.25, 0.3) is 5.89 Å². The molecule has 1 aliphatic rings. The van der Waals surface area contributed by atoms with Gasteiger partial charge in [0.05, 0.1) is 16.4 Å². The van der Waals surface area contributed by atoms with Gasteiger partial charge in [0.2, 0.25) is 5.89 Å².